The fourth-order valence-electron chi connectivity index (χ4n) is 4.08. The van der Waals surface area contributed by atoms with Crippen LogP contribution < -0.4 is 0 Å². The number of rotatable bonds is 4. The highest BCUT2D eigenvalue weighted by Crippen LogP contribution is 2.40. The molecule has 31 heavy (non-hydrogen) atoms. The van der Waals surface area contributed by atoms with Crippen molar-refractivity contribution in [2.24, 2.45) is 0 Å². The van der Waals surface area contributed by atoms with Crippen LogP contribution in [0.25, 0.3) is 0 Å². The molecule has 166 valence electrons. The third kappa shape index (κ3) is 4.14. The van der Waals surface area contributed by atoms with Gasteiger partial charge < -0.3 is 4.90 Å². The van der Waals surface area contributed by atoms with Crippen LogP contribution in [0.1, 0.15) is 47.4 Å². The molecule has 1 N–H and O–H groups in total. The number of aromatic amines is 1. The number of H-pyrrole nitrogens is 1. The van der Waals surface area contributed by atoms with Gasteiger partial charge in [0.25, 0.3) is 5.91 Å². The summed E-state index contributed by atoms with van der Waals surface area (Å²) in [5.74, 6) is -1.25. The molecule has 2 saturated heterocycles. The van der Waals surface area contributed by atoms with Crippen LogP contribution in [-0.4, -0.2) is 50.6 Å². The molecule has 2 aliphatic rings. The lowest BCUT2D eigenvalue weighted by atomic mass is 9.86. The first kappa shape index (κ1) is 21.3. The monoisotopic (exact) mass is 440 g/mol. The van der Waals surface area contributed by atoms with Gasteiger partial charge in [-0.15, -0.1) is 0 Å². The second-order valence-corrected chi connectivity index (χ2v) is 7.73. The minimum atomic E-state index is -4.61. The molecule has 2 fully saturated rings. The Hall–Kier alpha value is -2.95. The van der Waals surface area contributed by atoms with Crippen molar-refractivity contribution in [2.75, 3.05) is 13.1 Å². The smallest absolute Gasteiger partial charge is 0.337 e. The highest BCUT2D eigenvalue weighted by molar-refractivity contribution is 5.92. The average molecular weight is 440 g/mol. The third-order valence-electron chi connectivity index (χ3n) is 5.85. The molecule has 3 heterocycles. The van der Waals surface area contributed by atoms with Gasteiger partial charge in [0.15, 0.2) is 5.69 Å². The fourth-order valence-corrected chi connectivity index (χ4v) is 4.08. The molecule has 0 saturated carbocycles. The molecule has 11 heteroatoms. The molecule has 1 aromatic heterocycles. The number of nitrogens with zero attached hydrogens (tertiary/aromatic N) is 3. The second-order valence-electron chi connectivity index (χ2n) is 7.73. The topological polar surface area (TPSA) is 78.5 Å². The Balaban J connectivity index is 1.41. The van der Waals surface area contributed by atoms with Crippen LogP contribution in [-0.2, 0) is 22.4 Å². The number of amides is 2. The highest BCUT2D eigenvalue weighted by atomic mass is 19.4. The number of benzene rings is 1. The van der Waals surface area contributed by atoms with Gasteiger partial charge in [0, 0.05) is 31.1 Å². The molecule has 1 spiro atoms. The molecule has 0 unspecified atom stereocenters. The maximum atomic E-state index is 13.9. The quantitative estimate of drug-likeness (QED) is 0.741. The van der Waals surface area contributed by atoms with Crippen molar-refractivity contribution < 1.29 is 32.0 Å². The fraction of sp³-hybridized carbons (Fsp3) is 0.450. The number of hydroxylamine groups is 2. The first-order valence-electron chi connectivity index (χ1n) is 9.81. The molecule has 0 radical (unpaired) electrons. The SMILES string of the molecule is O=C(c1cc(C(F)(F)F)[nH]n1)N1CCC2(CCC(=O)N2OCc2ccccc2F)CC1. The lowest BCUT2D eigenvalue weighted by Crippen LogP contribution is -2.54. The summed E-state index contributed by atoms with van der Waals surface area (Å²) < 4.78 is 52.1. The van der Waals surface area contributed by atoms with Crippen molar-refractivity contribution in [1.29, 1.82) is 0 Å². The van der Waals surface area contributed by atoms with Crippen LogP contribution in [0.4, 0.5) is 17.6 Å². The van der Waals surface area contributed by atoms with E-state index in [-0.39, 0.29) is 37.7 Å². The summed E-state index contributed by atoms with van der Waals surface area (Å²) in [6, 6.07) is 6.81. The number of nitrogens with one attached hydrogen (secondary N) is 1. The molecule has 7 nitrogen and oxygen atoms in total. The van der Waals surface area contributed by atoms with Gasteiger partial charge in [0.2, 0.25) is 5.91 Å². The van der Waals surface area contributed by atoms with E-state index in [1.54, 1.807) is 18.2 Å². The predicted octanol–water partition coefficient (Wildman–Crippen LogP) is 3.30. The van der Waals surface area contributed by atoms with E-state index in [9.17, 15) is 27.2 Å². The van der Waals surface area contributed by atoms with E-state index in [0.717, 1.165) is 0 Å². The summed E-state index contributed by atoms with van der Waals surface area (Å²) in [5.41, 5.74) is -1.69. The third-order valence-corrected chi connectivity index (χ3v) is 5.85. The zero-order valence-corrected chi connectivity index (χ0v) is 16.4. The Kier molecular flexibility index (Phi) is 5.46. The summed E-state index contributed by atoms with van der Waals surface area (Å²) >= 11 is 0. The Labute approximate surface area is 174 Å². The predicted molar refractivity (Wildman–Crippen MR) is 98.7 cm³/mol. The molecular formula is C20H20F4N4O3. The lowest BCUT2D eigenvalue weighted by molar-refractivity contribution is -0.222. The van der Waals surface area contributed by atoms with Crippen molar-refractivity contribution in [3.05, 3.63) is 53.1 Å². The second kappa shape index (κ2) is 7.95. The molecular weight excluding hydrogens is 420 g/mol. The number of carbonyl (C=O) groups excluding carboxylic acids is 2. The standard InChI is InChI=1S/C20H20F4N4O3/c21-14-4-2-1-3-13(14)12-31-28-17(29)5-6-19(28)7-9-27(10-8-19)18(30)15-11-16(26-25-15)20(22,23)24/h1-4,11H,5-10,12H2,(H,25,26). The van der Waals surface area contributed by atoms with Crippen LogP contribution in [0.3, 0.4) is 0 Å². The van der Waals surface area contributed by atoms with E-state index in [1.165, 1.54) is 16.0 Å². The van der Waals surface area contributed by atoms with Gasteiger partial charge in [-0.3, -0.25) is 19.5 Å². The number of carbonyl (C=O) groups is 2. The highest BCUT2D eigenvalue weighted by Gasteiger charge is 2.49. The first-order chi connectivity index (χ1) is 14.7. The molecule has 0 bridgehead atoms. The van der Waals surface area contributed by atoms with Gasteiger partial charge >= 0.3 is 6.18 Å². The number of hydrogen-bond donors (Lipinski definition) is 1. The van der Waals surface area contributed by atoms with Crippen molar-refractivity contribution in [3.8, 4) is 0 Å². The minimum Gasteiger partial charge on any atom is -0.337 e. The number of likely N-dealkylation sites (tertiary alicyclic amines) is 1. The van der Waals surface area contributed by atoms with Crippen molar-refractivity contribution in [2.45, 2.75) is 44.0 Å². The summed E-state index contributed by atoms with van der Waals surface area (Å²) in [7, 11) is 0. The molecule has 2 amide bonds. The van der Waals surface area contributed by atoms with E-state index in [4.69, 9.17) is 4.84 Å². The maximum absolute atomic E-state index is 13.9. The molecule has 2 aliphatic heterocycles. The molecule has 4 rings (SSSR count). The van der Waals surface area contributed by atoms with Crippen molar-refractivity contribution in [1.82, 2.24) is 20.2 Å². The van der Waals surface area contributed by atoms with Gasteiger partial charge in [0.05, 0.1) is 5.54 Å². The van der Waals surface area contributed by atoms with E-state index in [2.05, 4.69) is 5.10 Å². The first-order valence-corrected chi connectivity index (χ1v) is 9.81. The zero-order chi connectivity index (χ0) is 22.2. The molecule has 0 aliphatic carbocycles. The van der Waals surface area contributed by atoms with Crippen molar-refractivity contribution >= 4 is 11.8 Å². The summed E-state index contributed by atoms with van der Waals surface area (Å²) in [4.78, 5) is 32.1. The number of halogens is 4. The van der Waals surface area contributed by atoms with Gasteiger partial charge in [-0.2, -0.15) is 18.3 Å². The summed E-state index contributed by atoms with van der Waals surface area (Å²) in [6.07, 6.45) is -3.00. The Morgan fingerprint density at radius 2 is 1.90 bits per heavy atom. The van der Waals surface area contributed by atoms with Gasteiger partial charge in [-0.1, -0.05) is 18.2 Å². The van der Waals surface area contributed by atoms with E-state index < -0.39 is 29.1 Å². The summed E-state index contributed by atoms with van der Waals surface area (Å²) in [5, 5.41) is 6.63. The van der Waals surface area contributed by atoms with Crippen LogP contribution in [0, 0.1) is 5.82 Å². The number of alkyl halides is 3. The average Bonchev–Trinajstić information content (AvgIpc) is 3.34. The van der Waals surface area contributed by atoms with Crippen LogP contribution >= 0.6 is 0 Å². The molecule has 0 atom stereocenters. The minimum absolute atomic E-state index is 0.101. The van der Waals surface area contributed by atoms with Crippen molar-refractivity contribution in [3.63, 3.8) is 0 Å². The Bertz CT molecular complexity index is 983. The van der Waals surface area contributed by atoms with Crippen LogP contribution in [0.5, 0.6) is 0 Å². The van der Waals surface area contributed by atoms with E-state index >= 15 is 0 Å². The molecule has 1 aromatic carbocycles. The maximum Gasteiger partial charge on any atom is 0.432 e. The van der Waals surface area contributed by atoms with Gasteiger partial charge in [-0.05, 0) is 25.3 Å². The number of hydrogen-bond acceptors (Lipinski definition) is 4. The largest absolute Gasteiger partial charge is 0.432 e. The Morgan fingerprint density at radius 1 is 1.19 bits per heavy atom. The number of aromatic nitrogens is 2. The van der Waals surface area contributed by atoms with Crippen LogP contribution in [0.15, 0.2) is 30.3 Å². The zero-order valence-electron chi connectivity index (χ0n) is 16.4. The van der Waals surface area contributed by atoms with Crippen LogP contribution in [0.2, 0.25) is 0 Å². The number of piperidine rings is 1. The molecule has 2 aromatic rings. The van der Waals surface area contributed by atoms with Gasteiger partial charge in [0.1, 0.15) is 18.1 Å². The Morgan fingerprint density at radius 3 is 2.55 bits per heavy atom. The van der Waals surface area contributed by atoms with E-state index in [0.29, 0.717) is 30.9 Å². The lowest BCUT2D eigenvalue weighted by Gasteiger charge is -2.43. The summed E-state index contributed by atoms with van der Waals surface area (Å²) in [6.45, 7) is 0.371. The normalized spacial score (nSPS) is 18.8. The van der Waals surface area contributed by atoms with Gasteiger partial charge in [-0.25, -0.2) is 9.45 Å². The van der Waals surface area contributed by atoms with E-state index in [1.807, 2.05) is 5.10 Å².